The number of para-hydroxylation sites is 1. The number of aromatic nitrogens is 3. The predicted molar refractivity (Wildman–Crippen MR) is 135 cm³/mol. The summed E-state index contributed by atoms with van der Waals surface area (Å²) in [5.74, 6) is 2.17. The predicted octanol–water partition coefficient (Wildman–Crippen LogP) is 5.28. The van der Waals surface area contributed by atoms with Crippen molar-refractivity contribution >= 4 is 16.9 Å². The summed E-state index contributed by atoms with van der Waals surface area (Å²) in [5.41, 5.74) is 10.4. The highest BCUT2D eigenvalue weighted by atomic mass is 16.5. The van der Waals surface area contributed by atoms with Crippen LogP contribution in [0.15, 0.2) is 61.1 Å². The molecule has 4 aromatic rings. The number of rotatable bonds is 8. The quantitative estimate of drug-likeness (QED) is 0.388. The highest BCUT2D eigenvalue weighted by Gasteiger charge is 2.23. The van der Waals surface area contributed by atoms with Crippen molar-refractivity contribution in [3.63, 3.8) is 0 Å². The van der Waals surface area contributed by atoms with Crippen molar-refractivity contribution in [3.8, 4) is 22.6 Å². The normalized spacial score (nSPS) is 15.9. The number of nitrogens with zero attached hydrogens (tertiary/aromatic N) is 4. The Labute approximate surface area is 200 Å². The summed E-state index contributed by atoms with van der Waals surface area (Å²) >= 11 is 0. The summed E-state index contributed by atoms with van der Waals surface area (Å²) in [4.78, 5) is 11.2. The van der Waals surface area contributed by atoms with Crippen LogP contribution in [0.4, 0.5) is 5.82 Å². The maximum absolute atomic E-state index is 6.29. The topological polar surface area (TPSA) is 78.4 Å². The molecule has 34 heavy (non-hydrogen) atoms. The molecule has 1 unspecified atom stereocenters. The van der Waals surface area contributed by atoms with E-state index in [-0.39, 0.29) is 6.04 Å². The molecule has 1 aliphatic heterocycles. The first-order chi connectivity index (χ1) is 16.7. The van der Waals surface area contributed by atoms with Gasteiger partial charge >= 0.3 is 0 Å². The average Bonchev–Trinajstić information content (AvgIpc) is 3.53. The first-order valence-corrected chi connectivity index (χ1v) is 11.9. The van der Waals surface area contributed by atoms with Crippen LogP contribution >= 0.6 is 0 Å². The molecule has 1 atom stereocenters. The minimum absolute atomic E-state index is 0.260. The molecule has 0 amide bonds. The molecule has 2 aromatic heterocycles. The first-order valence-electron chi connectivity index (χ1n) is 11.9. The van der Waals surface area contributed by atoms with Gasteiger partial charge in [-0.25, -0.2) is 9.97 Å². The van der Waals surface area contributed by atoms with Crippen molar-refractivity contribution in [1.29, 1.82) is 0 Å². The number of hydrogen-bond donors (Lipinski definition) is 1. The van der Waals surface area contributed by atoms with Gasteiger partial charge in [0.2, 0.25) is 0 Å². The lowest BCUT2D eigenvalue weighted by Gasteiger charge is -2.20. The summed E-state index contributed by atoms with van der Waals surface area (Å²) < 4.78 is 14.1. The molecule has 5 rings (SSSR count). The summed E-state index contributed by atoms with van der Waals surface area (Å²) in [6, 6.07) is 16.6. The van der Waals surface area contributed by atoms with Gasteiger partial charge in [-0.15, -0.1) is 0 Å². The van der Waals surface area contributed by atoms with Gasteiger partial charge in [-0.2, -0.15) is 0 Å². The van der Waals surface area contributed by atoms with E-state index in [0.717, 1.165) is 66.3 Å². The Hall–Kier alpha value is -3.42. The van der Waals surface area contributed by atoms with E-state index in [1.165, 1.54) is 11.9 Å². The van der Waals surface area contributed by atoms with Crippen LogP contribution in [-0.2, 0) is 11.3 Å². The average molecular weight is 458 g/mol. The van der Waals surface area contributed by atoms with E-state index in [2.05, 4.69) is 63.7 Å². The molecule has 0 radical (unpaired) electrons. The van der Waals surface area contributed by atoms with Gasteiger partial charge in [-0.3, -0.25) is 4.90 Å². The lowest BCUT2D eigenvalue weighted by atomic mass is 10.1. The molecule has 1 fully saturated rings. The van der Waals surface area contributed by atoms with Crippen LogP contribution in [-0.4, -0.2) is 45.7 Å². The third-order valence-corrected chi connectivity index (χ3v) is 6.59. The Morgan fingerprint density at radius 1 is 1.09 bits per heavy atom. The van der Waals surface area contributed by atoms with Gasteiger partial charge in [0.1, 0.15) is 29.3 Å². The van der Waals surface area contributed by atoms with E-state index in [1.807, 2.05) is 24.3 Å². The first kappa shape index (κ1) is 22.4. The molecule has 0 bridgehead atoms. The molecular weight excluding hydrogens is 426 g/mol. The summed E-state index contributed by atoms with van der Waals surface area (Å²) in [5, 5.41) is 0.882. The number of nitrogens with two attached hydrogens (primary N) is 1. The van der Waals surface area contributed by atoms with Gasteiger partial charge in [0.15, 0.2) is 0 Å². The summed E-state index contributed by atoms with van der Waals surface area (Å²) in [6.45, 7) is 8.69. The summed E-state index contributed by atoms with van der Waals surface area (Å²) in [7, 11) is 0. The van der Waals surface area contributed by atoms with E-state index in [9.17, 15) is 0 Å². The third-order valence-electron chi connectivity index (χ3n) is 6.59. The molecule has 0 spiro atoms. The molecule has 176 valence electrons. The van der Waals surface area contributed by atoms with Crippen LogP contribution < -0.4 is 10.5 Å². The second-order valence-corrected chi connectivity index (χ2v) is 8.62. The second kappa shape index (κ2) is 9.83. The zero-order valence-corrected chi connectivity index (χ0v) is 19.8. The van der Waals surface area contributed by atoms with Crippen molar-refractivity contribution in [2.45, 2.75) is 32.9 Å². The monoisotopic (exact) mass is 457 g/mol. The van der Waals surface area contributed by atoms with Gasteiger partial charge in [0.05, 0.1) is 18.0 Å². The number of hydrogen-bond acceptors (Lipinski definition) is 6. The molecule has 7 nitrogen and oxygen atoms in total. The fourth-order valence-electron chi connectivity index (χ4n) is 4.60. The van der Waals surface area contributed by atoms with Crippen molar-refractivity contribution in [3.05, 3.63) is 66.6 Å². The van der Waals surface area contributed by atoms with E-state index >= 15 is 0 Å². The lowest BCUT2D eigenvalue weighted by molar-refractivity contribution is 0.187. The van der Waals surface area contributed by atoms with Gasteiger partial charge in [-0.05, 0) is 43.3 Å². The molecule has 3 heterocycles. The van der Waals surface area contributed by atoms with Gasteiger partial charge < -0.3 is 19.8 Å². The Morgan fingerprint density at radius 2 is 1.88 bits per heavy atom. The Bertz CT molecular complexity index is 1260. The van der Waals surface area contributed by atoms with Crippen LogP contribution in [0.2, 0.25) is 0 Å². The van der Waals surface area contributed by atoms with Crippen LogP contribution in [0.25, 0.3) is 22.2 Å². The number of anilines is 1. The minimum Gasteiger partial charge on any atom is -0.457 e. The van der Waals surface area contributed by atoms with Gasteiger partial charge in [0.25, 0.3) is 0 Å². The smallest absolute Gasteiger partial charge is 0.146 e. The highest BCUT2D eigenvalue weighted by molar-refractivity contribution is 6.00. The van der Waals surface area contributed by atoms with Crippen LogP contribution in [0.1, 0.15) is 31.9 Å². The Balaban J connectivity index is 1.44. The third kappa shape index (κ3) is 4.36. The van der Waals surface area contributed by atoms with Gasteiger partial charge in [0, 0.05) is 30.5 Å². The SMILES string of the molecule is CCN(CC)Cc1ccccc1Oc1ccc(-c2cn(C3CCOC3)c3ncnc(N)c23)cc1. The van der Waals surface area contributed by atoms with Crippen LogP contribution in [0.3, 0.4) is 0 Å². The van der Waals surface area contributed by atoms with E-state index in [0.29, 0.717) is 12.4 Å². The van der Waals surface area contributed by atoms with Crippen molar-refractivity contribution < 1.29 is 9.47 Å². The summed E-state index contributed by atoms with van der Waals surface area (Å²) in [6.07, 6.45) is 4.62. The zero-order valence-electron chi connectivity index (χ0n) is 19.8. The Kier molecular flexibility index (Phi) is 6.47. The molecule has 2 aromatic carbocycles. The van der Waals surface area contributed by atoms with Crippen LogP contribution in [0.5, 0.6) is 11.5 Å². The molecule has 7 heteroatoms. The second-order valence-electron chi connectivity index (χ2n) is 8.62. The molecular formula is C27H31N5O2. The number of benzene rings is 2. The van der Waals surface area contributed by atoms with E-state index in [4.69, 9.17) is 15.2 Å². The number of nitrogen functional groups attached to an aromatic ring is 1. The molecule has 0 aliphatic carbocycles. The maximum atomic E-state index is 6.29. The maximum Gasteiger partial charge on any atom is 0.146 e. The minimum atomic E-state index is 0.260. The standard InChI is InChI=1S/C27H31N5O2/c1-3-31(4-2)15-20-7-5-6-8-24(20)34-22-11-9-19(10-12-22)23-16-32(21-13-14-33-17-21)27-25(23)26(28)29-18-30-27/h5-12,16,18,21H,3-4,13-15,17H2,1-2H3,(H2,28,29,30). The highest BCUT2D eigenvalue weighted by Crippen LogP contribution is 2.37. The molecule has 1 aliphatic rings. The van der Waals surface area contributed by atoms with E-state index in [1.54, 1.807) is 0 Å². The molecule has 0 saturated carbocycles. The van der Waals surface area contributed by atoms with Gasteiger partial charge in [-0.1, -0.05) is 44.2 Å². The largest absolute Gasteiger partial charge is 0.457 e. The fraction of sp³-hybridized carbons (Fsp3) is 0.333. The number of fused-ring (bicyclic) bond motifs is 1. The molecule has 2 N–H and O–H groups in total. The Morgan fingerprint density at radius 3 is 2.62 bits per heavy atom. The molecule has 1 saturated heterocycles. The van der Waals surface area contributed by atoms with Crippen LogP contribution in [0, 0.1) is 0 Å². The van der Waals surface area contributed by atoms with E-state index < -0.39 is 0 Å². The fourth-order valence-corrected chi connectivity index (χ4v) is 4.60. The van der Waals surface area contributed by atoms with Crippen molar-refractivity contribution in [1.82, 2.24) is 19.4 Å². The van der Waals surface area contributed by atoms with Crippen molar-refractivity contribution in [2.24, 2.45) is 0 Å². The lowest BCUT2D eigenvalue weighted by Crippen LogP contribution is -2.22. The number of ether oxygens (including phenoxy) is 2. The zero-order chi connectivity index (χ0) is 23.5. The van der Waals surface area contributed by atoms with Crippen molar-refractivity contribution in [2.75, 3.05) is 32.0 Å².